The standard InChI is InChI=1S/C13H16Cl2N2O/c14-11-4-3-9(12(15)6-11)7-17-5-1-2-10(8-17)13(16)18/h3-4,6,10H,1-2,5,7-8H2,(H2,16,18)/p+1/t10-/m0/s1. The summed E-state index contributed by atoms with van der Waals surface area (Å²) in [6, 6.07) is 5.55. The van der Waals surface area contributed by atoms with Crippen LogP contribution in [0, 0.1) is 5.92 Å². The van der Waals surface area contributed by atoms with Crippen LogP contribution in [0.25, 0.3) is 0 Å². The molecule has 1 unspecified atom stereocenters. The van der Waals surface area contributed by atoms with Gasteiger partial charge >= 0.3 is 0 Å². The third-order valence-electron chi connectivity index (χ3n) is 3.48. The largest absolute Gasteiger partial charge is 0.369 e. The van der Waals surface area contributed by atoms with Crippen molar-refractivity contribution in [3.63, 3.8) is 0 Å². The lowest BCUT2D eigenvalue weighted by molar-refractivity contribution is -0.921. The summed E-state index contributed by atoms with van der Waals surface area (Å²) in [5, 5.41) is 1.34. The second-order valence-electron chi connectivity index (χ2n) is 4.86. The van der Waals surface area contributed by atoms with E-state index in [-0.39, 0.29) is 11.8 Å². The number of likely N-dealkylation sites (tertiary alicyclic amines) is 1. The number of rotatable bonds is 3. The summed E-state index contributed by atoms with van der Waals surface area (Å²) in [4.78, 5) is 12.6. The molecule has 1 aromatic carbocycles. The molecule has 3 N–H and O–H groups in total. The van der Waals surface area contributed by atoms with E-state index in [2.05, 4.69) is 0 Å². The van der Waals surface area contributed by atoms with E-state index >= 15 is 0 Å². The lowest BCUT2D eigenvalue weighted by Gasteiger charge is -2.28. The van der Waals surface area contributed by atoms with Crippen LogP contribution >= 0.6 is 23.2 Å². The monoisotopic (exact) mass is 287 g/mol. The number of piperidine rings is 1. The van der Waals surface area contributed by atoms with Crippen LogP contribution in [0.5, 0.6) is 0 Å². The molecule has 98 valence electrons. The molecule has 3 nitrogen and oxygen atoms in total. The van der Waals surface area contributed by atoms with Gasteiger partial charge in [-0.15, -0.1) is 0 Å². The Morgan fingerprint density at radius 1 is 1.44 bits per heavy atom. The van der Waals surface area contributed by atoms with Crippen LogP contribution in [0.3, 0.4) is 0 Å². The number of nitrogens with one attached hydrogen (secondary N) is 1. The number of hydrogen-bond donors (Lipinski definition) is 2. The molecule has 0 saturated carbocycles. The molecule has 1 aromatic rings. The van der Waals surface area contributed by atoms with Crippen LogP contribution in [0.2, 0.25) is 10.0 Å². The molecule has 0 radical (unpaired) electrons. The van der Waals surface area contributed by atoms with Gasteiger partial charge in [0.15, 0.2) is 0 Å². The minimum Gasteiger partial charge on any atom is -0.369 e. The number of benzene rings is 1. The SMILES string of the molecule is NC(=O)[C@H]1CCC[NH+](Cc2ccc(Cl)cc2Cl)C1. The van der Waals surface area contributed by atoms with Crippen molar-refractivity contribution in [2.75, 3.05) is 13.1 Å². The summed E-state index contributed by atoms with van der Waals surface area (Å²) in [6.45, 7) is 2.68. The number of carbonyl (C=O) groups is 1. The maximum Gasteiger partial charge on any atom is 0.226 e. The Morgan fingerprint density at radius 2 is 2.22 bits per heavy atom. The Bertz CT molecular complexity index is 451. The summed E-state index contributed by atoms with van der Waals surface area (Å²) in [7, 11) is 0. The lowest BCUT2D eigenvalue weighted by Crippen LogP contribution is -3.12. The minimum atomic E-state index is -0.186. The number of amides is 1. The fraction of sp³-hybridized carbons (Fsp3) is 0.462. The van der Waals surface area contributed by atoms with Crippen LogP contribution in [0.4, 0.5) is 0 Å². The van der Waals surface area contributed by atoms with Crippen molar-refractivity contribution in [3.8, 4) is 0 Å². The molecule has 18 heavy (non-hydrogen) atoms. The molecule has 1 aliphatic heterocycles. The zero-order chi connectivity index (χ0) is 13.1. The number of nitrogens with two attached hydrogens (primary N) is 1. The maximum atomic E-state index is 11.2. The molecule has 1 amide bonds. The third-order valence-corrected chi connectivity index (χ3v) is 4.06. The molecule has 0 aromatic heterocycles. The fourth-order valence-electron chi connectivity index (χ4n) is 2.49. The number of hydrogen-bond acceptors (Lipinski definition) is 1. The zero-order valence-corrected chi connectivity index (χ0v) is 11.6. The van der Waals surface area contributed by atoms with Crippen molar-refractivity contribution in [2.45, 2.75) is 19.4 Å². The summed E-state index contributed by atoms with van der Waals surface area (Å²) in [5.41, 5.74) is 6.45. The first-order chi connectivity index (χ1) is 8.56. The lowest BCUT2D eigenvalue weighted by atomic mass is 9.97. The Labute approximate surface area is 117 Å². The average molecular weight is 288 g/mol. The van der Waals surface area contributed by atoms with Crippen molar-refractivity contribution >= 4 is 29.1 Å². The van der Waals surface area contributed by atoms with Gasteiger partial charge in [0.2, 0.25) is 5.91 Å². The van der Waals surface area contributed by atoms with Crippen molar-refractivity contribution in [2.24, 2.45) is 11.7 Å². The van der Waals surface area contributed by atoms with E-state index in [1.807, 2.05) is 12.1 Å². The van der Waals surface area contributed by atoms with Crippen molar-refractivity contribution in [1.29, 1.82) is 0 Å². The Morgan fingerprint density at radius 3 is 2.89 bits per heavy atom. The molecule has 0 bridgehead atoms. The second-order valence-corrected chi connectivity index (χ2v) is 5.70. The highest BCUT2D eigenvalue weighted by atomic mass is 35.5. The molecule has 1 saturated heterocycles. The van der Waals surface area contributed by atoms with Gasteiger partial charge in [-0.2, -0.15) is 0 Å². The molecule has 0 aliphatic carbocycles. The zero-order valence-electron chi connectivity index (χ0n) is 10.1. The highest BCUT2D eigenvalue weighted by Crippen LogP contribution is 2.20. The summed E-state index contributed by atoms with van der Waals surface area (Å²) in [5.74, 6) is -0.186. The smallest absolute Gasteiger partial charge is 0.226 e. The van der Waals surface area contributed by atoms with E-state index in [0.29, 0.717) is 10.0 Å². The topological polar surface area (TPSA) is 47.5 Å². The van der Waals surface area contributed by atoms with Crippen LogP contribution in [-0.2, 0) is 11.3 Å². The highest BCUT2D eigenvalue weighted by molar-refractivity contribution is 6.35. The van der Waals surface area contributed by atoms with E-state index < -0.39 is 0 Å². The molecule has 2 rings (SSSR count). The summed E-state index contributed by atoms with van der Waals surface area (Å²) in [6.07, 6.45) is 1.95. The molecular formula is C13H17Cl2N2O+. The highest BCUT2D eigenvalue weighted by Gasteiger charge is 2.27. The van der Waals surface area contributed by atoms with Crippen molar-refractivity contribution < 1.29 is 9.69 Å². The molecule has 5 heteroatoms. The number of carbonyl (C=O) groups excluding carboxylic acids is 1. The first-order valence-electron chi connectivity index (χ1n) is 6.13. The maximum absolute atomic E-state index is 11.2. The second kappa shape index (κ2) is 5.91. The number of quaternary nitrogens is 1. The quantitative estimate of drug-likeness (QED) is 0.864. The summed E-state index contributed by atoms with van der Waals surface area (Å²) < 4.78 is 0. The van der Waals surface area contributed by atoms with Gasteiger partial charge in [0.25, 0.3) is 0 Å². The molecule has 0 spiro atoms. The Balaban J connectivity index is 2.02. The molecule has 1 heterocycles. The number of primary amides is 1. The first-order valence-corrected chi connectivity index (χ1v) is 6.88. The number of halogens is 2. The molecule has 1 aliphatic rings. The predicted molar refractivity (Wildman–Crippen MR) is 72.8 cm³/mol. The van der Waals surface area contributed by atoms with E-state index in [4.69, 9.17) is 28.9 Å². The van der Waals surface area contributed by atoms with Gasteiger partial charge in [0.05, 0.1) is 24.0 Å². The molecule has 2 atom stereocenters. The van der Waals surface area contributed by atoms with Gasteiger partial charge in [0.1, 0.15) is 6.54 Å². The van der Waals surface area contributed by atoms with Crippen molar-refractivity contribution in [3.05, 3.63) is 33.8 Å². The summed E-state index contributed by atoms with van der Waals surface area (Å²) >= 11 is 12.0. The van der Waals surface area contributed by atoms with Crippen LogP contribution < -0.4 is 10.6 Å². The van der Waals surface area contributed by atoms with Gasteiger partial charge in [-0.3, -0.25) is 4.79 Å². The van der Waals surface area contributed by atoms with Gasteiger partial charge in [-0.1, -0.05) is 29.3 Å². The Kier molecular flexibility index (Phi) is 4.49. The van der Waals surface area contributed by atoms with Gasteiger partial charge in [-0.05, 0) is 25.0 Å². The first kappa shape index (κ1) is 13.7. The van der Waals surface area contributed by atoms with Crippen molar-refractivity contribution in [1.82, 2.24) is 0 Å². The van der Waals surface area contributed by atoms with Gasteiger partial charge < -0.3 is 10.6 Å². The molecular weight excluding hydrogens is 271 g/mol. The normalized spacial score (nSPS) is 23.9. The average Bonchev–Trinajstić information content (AvgIpc) is 2.33. The van der Waals surface area contributed by atoms with E-state index in [0.717, 1.165) is 38.0 Å². The van der Waals surface area contributed by atoms with Gasteiger partial charge in [-0.25, -0.2) is 0 Å². The predicted octanol–water partition coefficient (Wildman–Crippen LogP) is 1.27. The van der Waals surface area contributed by atoms with Crippen LogP contribution in [0.15, 0.2) is 18.2 Å². The minimum absolute atomic E-state index is 0.000161. The fourth-order valence-corrected chi connectivity index (χ4v) is 2.96. The van der Waals surface area contributed by atoms with E-state index in [1.54, 1.807) is 6.07 Å². The van der Waals surface area contributed by atoms with Crippen LogP contribution in [-0.4, -0.2) is 19.0 Å². The third kappa shape index (κ3) is 3.37. The Hall–Kier alpha value is -0.770. The van der Waals surface area contributed by atoms with E-state index in [1.165, 1.54) is 4.90 Å². The van der Waals surface area contributed by atoms with Crippen LogP contribution in [0.1, 0.15) is 18.4 Å². The van der Waals surface area contributed by atoms with E-state index in [9.17, 15) is 4.79 Å². The molecule has 1 fully saturated rings. The van der Waals surface area contributed by atoms with Gasteiger partial charge in [0, 0.05) is 10.6 Å².